The van der Waals surface area contributed by atoms with Crippen molar-refractivity contribution in [2.75, 3.05) is 19.0 Å². The highest BCUT2D eigenvalue weighted by atomic mass is 16.5. The van der Waals surface area contributed by atoms with Crippen LogP contribution in [0.4, 0.5) is 5.69 Å². The summed E-state index contributed by atoms with van der Waals surface area (Å²) in [5.41, 5.74) is 4.80. The first kappa shape index (κ1) is 26.4. The molecule has 0 unspecified atom stereocenters. The minimum Gasteiger partial charge on any atom is -0.497 e. The van der Waals surface area contributed by atoms with Crippen LogP contribution >= 0.6 is 0 Å². The van der Waals surface area contributed by atoms with Gasteiger partial charge in [0.2, 0.25) is 0 Å². The molecular weight excluding hydrogens is 504 g/mol. The van der Waals surface area contributed by atoms with Crippen LogP contribution in [0.5, 0.6) is 11.5 Å². The van der Waals surface area contributed by atoms with Crippen molar-refractivity contribution < 1.29 is 23.8 Å². The van der Waals surface area contributed by atoms with Crippen molar-refractivity contribution in [3.05, 3.63) is 120 Å². The van der Waals surface area contributed by atoms with E-state index in [1.165, 1.54) is 0 Å². The zero-order valence-electron chi connectivity index (χ0n) is 22.2. The number of para-hydroxylation sites is 1. The number of rotatable bonds is 9. The number of amides is 1. The number of hydrogen-bond acceptors (Lipinski definition) is 6. The van der Waals surface area contributed by atoms with Gasteiger partial charge in [0.05, 0.1) is 23.9 Å². The van der Waals surface area contributed by atoms with Crippen molar-refractivity contribution in [3.63, 3.8) is 0 Å². The Morgan fingerprint density at radius 2 is 1.57 bits per heavy atom. The summed E-state index contributed by atoms with van der Waals surface area (Å²) in [4.78, 5) is 30.7. The summed E-state index contributed by atoms with van der Waals surface area (Å²) in [6, 6.07) is 31.9. The van der Waals surface area contributed by atoms with E-state index < -0.39 is 18.5 Å². The Hall–Kier alpha value is -5.17. The molecule has 0 saturated carbocycles. The third kappa shape index (κ3) is 6.10. The number of ether oxygens (including phenoxy) is 3. The molecule has 0 radical (unpaired) electrons. The lowest BCUT2D eigenvalue weighted by molar-refractivity contribution is -0.119. The van der Waals surface area contributed by atoms with Crippen LogP contribution in [-0.2, 0) is 16.1 Å². The lowest BCUT2D eigenvalue weighted by atomic mass is 9.97. The second kappa shape index (κ2) is 12.1. The second-order valence-electron chi connectivity index (χ2n) is 9.13. The molecule has 5 rings (SSSR count). The SMILES string of the molecule is COc1cccc(NC(=O)COC(=O)c2c(C)c(-c3ccc(OCc4ccccc4)cc3)nc3ccccc23)c1. The van der Waals surface area contributed by atoms with Crippen molar-refractivity contribution in [1.29, 1.82) is 0 Å². The normalized spacial score (nSPS) is 10.7. The van der Waals surface area contributed by atoms with Gasteiger partial charge in [-0.05, 0) is 60.5 Å². The molecule has 4 aromatic carbocycles. The number of benzene rings is 4. The number of anilines is 1. The number of carbonyl (C=O) groups excluding carboxylic acids is 2. The Morgan fingerprint density at radius 1 is 0.825 bits per heavy atom. The molecule has 40 heavy (non-hydrogen) atoms. The molecule has 0 atom stereocenters. The fourth-order valence-electron chi connectivity index (χ4n) is 4.40. The fourth-order valence-corrected chi connectivity index (χ4v) is 4.40. The molecule has 7 nitrogen and oxygen atoms in total. The lowest BCUT2D eigenvalue weighted by Gasteiger charge is -2.15. The first-order chi connectivity index (χ1) is 19.5. The zero-order valence-corrected chi connectivity index (χ0v) is 22.2. The summed E-state index contributed by atoms with van der Waals surface area (Å²) in [5, 5.41) is 3.38. The largest absolute Gasteiger partial charge is 0.497 e. The number of pyridine rings is 1. The highest BCUT2D eigenvalue weighted by Crippen LogP contribution is 2.31. The fraction of sp³-hybridized carbons (Fsp3) is 0.121. The molecule has 0 saturated heterocycles. The summed E-state index contributed by atoms with van der Waals surface area (Å²) < 4.78 is 16.6. The van der Waals surface area contributed by atoms with Gasteiger partial charge in [-0.25, -0.2) is 9.78 Å². The van der Waals surface area contributed by atoms with Crippen LogP contribution in [0.15, 0.2) is 103 Å². The van der Waals surface area contributed by atoms with Crippen LogP contribution in [-0.4, -0.2) is 30.6 Å². The van der Waals surface area contributed by atoms with Crippen LogP contribution in [0.25, 0.3) is 22.2 Å². The van der Waals surface area contributed by atoms with Gasteiger partial charge in [0.1, 0.15) is 18.1 Å². The van der Waals surface area contributed by atoms with Gasteiger partial charge in [0, 0.05) is 22.7 Å². The minimum atomic E-state index is -0.596. The van der Waals surface area contributed by atoms with Gasteiger partial charge in [-0.2, -0.15) is 0 Å². The number of nitrogens with zero attached hydrogens (tertiary/aromatic N) is 1. The van der Waals surface area contributed by atoms with Crippen LogP contribution in [0, 0.1) is 6.92 Å². The standard InChI is InChI=1S/C33H28N2O5/c1-22-31(33(37)40-21-30(36)34-25-11-8-12-27(19-25)38-2)28-13-6-7-14-29(28)35-32(22)24-15-17-26(18-16-24)39-20-23-9-4-3-5-10-23/h3-19H,20-21H2,1-2H3,(H,34,36). The van der Waals surface area contributed by atoms with Crippen LogP contribution in [0.3, 0.4) is 0 Å². The molecule has 0 fully saturated rings. The summed E-state index contributed by atoms with van der Waals surface area (Å²) in [6.07, 6.45) is 0. The summed E-state index contributed by atoms with van der Waals surface area (Å²) in [6.45, 7) is 1.87. The van der Waals surface area contributed by atoms with Gasteiger partial charge in [0.15, 0.2) is 6.61 Å². The third-order valence-electron chi connectivity index (χ3n) is 6.40. The van der Waals surface area contributed by atoms with E-state index in [9.17, 15) is 9.59 Å². The van der Waals surface area contributed by atoms with Crippen LogP contribution < -0.4 is 14.8 Å². The molecule has 5 aromatic rings. The number of aromatic nitrogens is 1. The Labute approximate surface area is 232 Å². The zero-order chi connectivity index (χ0) is 27.9. The van der Waals surface area contributed by atoms with Gasteiger partial charge < -0.3 is 19.5 Å². The number of nitrogens with one attached hydrogen (secondary N) is 1. The molecule has 1 N–H and O–H groups in total. The lowest BCUT2D eigenvalue weighted by Crippen LogP contribution is -2.21. The molecule has 0 aliphatic heterocycles. The van der Waals surface area contributed by atoms with Gasteiger partial charge in [-0.15, -0.1) is 0 Å². The van der Waals surface area contributed by atoms with E-state index in [-0.39, 0.29) is 0 Å². The number of methoxy groups -OCH3 is 1. The quantitative estimate of drug-likeness (QED) is 0.216. The first-order valence-corrected chi connectivity index (χ1v) is 12.8. The maximum Gasteiger partial charge on any atom is 0.339 e. The van der Waals surface area contributed by atoms with E-state index in [0.29, 0.717) is 45.8 Å². The average Bonchev–Trinajstić information content (AvgIpc) is 2.99. The highest BCUT2D eigenvalue weighted by molar-refractivity contribution is 6.07. The first-order valence-electron chi connectivity index (χ1n) is 12.8. The number of hydrogen-bond donors (Lipinski definition) is 1. The number of fused-ring (bicyclic) bond motifs is 1. The van der Waals surface area contributed by atoms with Crippen LogP contribution in [0.2, 0.25) is 0 Å². The molecule has 0 aliphatic carbocycles. The van der Waals surface area contributed by atoms with Crippen molar-refractivity contribution in [2.45, 2.75) is 13.5 Å². The maximum atomic E-state index is 13.3. The molecule has 0 aliphatic rings. The summed E-state index contributed by atoms with van der Waals surface area (Å²) >= 11 is 0. The predicted molar refractivity (Wildman–Crippen MR) is 155 cm³/mol. The molecule has 200 valence electrons. The molecule has 0 bridgehead atoms. The molecule has 1 amide bonds. The van der Waals surface area contributed by atoms with Crippen molar-refractivity contribution >= 4 is 28.5 Å². The molecular formula is C33H28N2O5. The predicted octanol–water partition coefficient (Wildman–Crippen LogP) is 6.59. The number of esters is 1. The smallest absolute Gasteiger partial charge is 0.339 e. The molecule has 1 aromatic heterocycles. The second-order valence-corrected chi connectivity index (χ2v) is 9.13. The Kier molecular flexibility index (Phi) is 8.02. The van der Waals surface area contributed by atoms with E-state index in [0.717, 1.165) is 16.9 Å². The average molecular weight is 533 g/mol. The molecule has 7 heteroatoms. The topological polar surface area (TPSA) is 86.8 Å². The van der Waals surface area contributed by atoms with Crippen LogP contribution in [0.1, 0.15) is 21.5 Å². The minimum absolute atomic E-state index is 0.374. The van der Waals surface area contributed by atoms with Gasteiger partial charge in [-0.3, -0.25) is 4.79 Å². The van der Waals surface area contributed by atoms with E-state index in [2.05, 4.69) is 5.32 Å². The highest BCUT2D eigenvalue weighted by Gasteiger charge is 2.21. The van der Waals surface area contributed by atoms with Crippen molar-refractivity contribution in [3.8, 4) is 22.8 Å². The number of carbonyl (C=O) groups is 2. The van der Waals surface area contributed by atoms with Gasteiger partial charge >= 0.3 is 5.97 Å². The van der Waals surface area contributed by atoms with E-state index in [1.54, 1.807) is 31.4 Å². The Morgan fingerprint density at radius 3 is 2.35 bits per heavy atom. The van der Waals surface area contributed by atoms with Crippen molar-refractivity contribution in [2.24, 2.45) is 0 Å². The third-order valence-corrected chi connectivity index (χ3v) is 6.40. The van der Waals surface area contributed by atoms with E-state index in [4.69, 9.17) is 19.2 Å². The maximum absolute atomic E-state index is 13.3. The summed E-state index contributed by atoms with van der Waals surface area (Å²) in [7, 11) is 1.55. The van der Waals surface area contributed by atoms with Crippen molar-refractivity contribution in [1.82, 2.24) is 4.98 Å². The monoisotopic (exact) mass is 532 g/mol. The van der Waals surface area contributed by atoms with Gasteiger partial charge in [-0.1, -0.05) is 54.6 Å². The molecule has 1 heterocycles. The van der Waals surface area contributed by atoms with E-state index >= 15 is 0 Å². The summed E-state index contributed by atoms with van der Waals surface area (Å²) in [5.74, 6) is 0.287. The Balaban J connectivity index is 1.35. The van der Waals surface area contributed by atoms with E-state index in [1.807, 2.05) is 85.8 Å². The van der Waals surface area contributed by atoms with Gasteiger partial charge in [0.25, 0.3) is 5.91 Å². The molecule has 0 spiro atoms. The Bertz CT molecular complexity index is 1650.